The molecule has 0 amide bonds. The molecule has 2 N–H and O–H groups in total. The second-order valence-electron chi connectivity index (χ2n) is 5.04. The van der Waals surface area contributed by atoms with Crippen LogP contribution in [0.5, 0.6) is 0 Å². The van der Waals surface area contributed by atoms with Gasteiger partial charge in [-0.15, -0.1) is 0 Å². The summed E-state index contributed by atoms with van der Waals surface area (Å²) in [6.07, 6.45) is 3.81. The van der Waals surface area contributed by atoms with Gasteiger partial charge in [0, 0.05) is 11.6 Å². The minimum absolute atomic E-state index is 0.0560. The van der Waals surface area contributed by atoms with Crippen molar-refractivity contribution in [2.45, 2.75) is 46.6 Å². The molecule has 0 aliphatic heterocycles. The van der Waals surface area contributed by atoms with Gasteiger partial charge in [0.05, 0.1) is 6.20 Å². The van der Waals surface area contributed by atoms with Crippen molar-refractivity contribution in [2.75, 3.05) is 0 Å². The third-order valence-corrected chi connectivity index (χ3v) is 2.39. The Kier molecular flexibility index (Phi) is 3.32. The summed E-state index contributed by atoms with van der Waals surface area (Å²) < 4.78 is 4.99. The smallest absolute Gasteiger partial charge is 0.138 e. The van der Waals surface area contributed by atoms with E-state index in [0.29, 0.717) is 5.41 Å². The van der Waals surface area contributed by atoms with Crippen molar-refractivity contribution in [1.29, 1.82) is 0 Å². The molecule has 0 aromatic carbocycles. The lowest BCUT2D eigenvalue weighted by Crippen LogP contribution is -2.14. The number of nitrogens with two attached hydrogens (primary N) is 1. The van der Waals surface area contributed by atoms with Gasteiger partial charge in [-0.2, -0.15) is 0 Å². The predicted octanol–water partition coefficient (Wildman–Crippen LogP) is 2.81. The van der Waals surface area contributed by atoms with Crippen molar-refractivity contribution in [1.82, 2.24) is 5.16 Å². The van der Waals surface area contributed by atoms with Crippen molar-refractivity contribution < 1.29 is 4.52 Å². The minimum atomic E-state index is 0.0560. The minimum Gasteiger partial charge on any atom is -0.361 e. The summed E-state index contributed by atoms with van der Waals surface area (Å²) in [5.74, 6) is 0.839. The highest BCUT2D eigenvalue weighted by atomic mass is 16.5. The summed E-state index contributed by atoms with van der Waals surface area (Å²) in [6, 6.07) is 0.0560. The number of aryl methyl sites for hydroxylation is 1. The van der Waals surface area contributed by atoms with Gasteiger partial charge in [-0.25, -0.2) is 0 Å². The number of hydrogen-bond donors (Lipinski definition) is 1. The molecular formula is C11H20N2O. The van der Waals surface area contributed by atoms with Crippen LogP contribution in [-0.2, 0) is 0 Å². The molecule has 0 saturated heterocycles. The second-order valence-corrected chi connectivity index (χ2v) is 5.04. The fourth-order valence-corrected chi connectivity index (χ4v) is 1.41. The monoisotopic (exact) mass is 196 g/mol. The molecule has 3 nitrogen and oxygen atoms in total. The normalized spacial score (nSPS) is 14.4. The fraction of sp³-hybridized carbons (Fsp3) is 0.727. The van der Waals surface area contributed by atoms with E-state index in [0.717, 1.165) is 24.2 Å². The van der Waals surface area contributed by atoms with E-state index in [1.807, 2.05) is 6.92 Å². The molecule has 3 heteroatoms. The first-order chi connectivity index (χ1) is 6.40. The van der Waals surface area contributed by atoms with Gasteiger partial charge in [0.25, 0.3) is 0 Å². The molecule has 0 saturated carbocycles. The van der Waals surface area contributed by atoms with Gasteiger partial charge in [-0.1, -0.05) is 25.9 Å². The van der Waals surface area contributed by atoms with Gasteiger partial charge in [-0.05, 0) is 25.2 Å². The van der Waals surface area contributed by atoms with Crippen molar-refractivity contribution in [3.05, 3.63) is 17.5 Å². The first-order valence-electron chi connectivity index (χ1n) is 5.07. The molecule has 1 aromatic rings. The Bertz CT molecular complexity index is 286. The average molecular weight is 196 g/mol. The molecule has 0 bridgehead atoms. The molecule has 80 valence electrons. The van der Waals surface area contributed by atoms with Crippen LogP contribution in [0.4, 0.5) is 0 Å². The Balaban J connectivity index is 2.51. The molecule has 0 radical (unpaired) electrons. The number of hydrogen-bond acceptors (Lipinski definition) is 3. The number of nitrogens with zero attached hydrogens (tertiary/aromatic N) is 1. The number of aromatic nitrogens is 1. The van der Waals surface area contributed by atoms with Gasteiger partial charge in [0.15, 0.2) is 0 Å². The summed E-state index contributed by atoms with van der Waals surface area (Å²) in [4.78, 5) is 0. The summed E-state index contributed by atoms with van der Waals surface area (Å²) in [7, 11) is 0. The summed E-state index contributed by atoms with van der Waals surface area (Å²) >= 11 is 0. The summed E-state index contributed by atoms with van der Waals surface area (Å²) in [5.41, 5.74) is 7.42. The predicted molar refractivity (Wildman–Crippen MR) is 56.9 cm³/mol. The lowest BCUT2D eigenvalue weighted by Gasteiger charge is -2.20. The summed E-state index contributed by atoms with van der Waals surface area (Å²) in [6.45, 7) is 8.57. The van der Waals surface area contributed by atoms with Crippen LogP contribution in [-0.4, -0.2) is 5.16 Å². The van der Waals surface area contributed by atoms with E-state index in [9.17, 15) is 0 Å². The lowest BCUT2D eigenvalue weighted by atomic mass is 9.87. The zero-order chi connectivity index (χ0) is 10.8. The van der Waals surface area contributed by atoms with Crippen LogP contribution < -0.4 is 5.73 Å². The molecular weight excluding hydrogens is 176 g/mol. The zero-order valence-electron chi connectivity index (χ0n) is 9.50. The molecule has 1 unspecified atom stereocenters. The highest BCUT2D eigenvalue weighted by molar-refractivity contribution is 5.16. The molecule has 0 fully saturated rings. The van der Waals surface area contributed by atoms with E-state index < -0.39 is 0 Å². The highest BCUT2D eigenvalue weighted by Crippen LogP contribution is 2.27. The van der Waals surface area contributed by atoms with E-state index in [1.165, 1.54) is 0 Å². The first kappa shape index (κ1) is 11.2. The van der Waals surface area contributed by atoms with E-state index in [4.69, 9.17) is 10.3 Å². The van der Waals surface area contributed by atoms with E-state index in [2.05, 4.69) is 25.9 Å². The lowest BCUT2D eigenvalue weighted by molar-refractivity contribution is 0.347. The van der Waals surface area contributed by atoms with Crippen LogP contribution in [0.1, 0.15) is 51.0 Å². The molecule has 0 aliphatic carbocycles. The maximum absolute atomic E-state index is 6.05. The van der Waals surface area contributed by atoms with E-state index in [1.54, 1.807) is 6.20 Å². The van der Waals surface area contributed by atoms with Gasteiger partial charge in [0.1, 0.15) is 5.76 Å². The Morgan fingerprint density at radius 1 is 1.50 bits per heavy atom. The topological polar surface area (TPSA) is 52.0 Å². The second kappa shape index (κ2) is 4.13. The van der Waals surface area contributed by atoms with Crippen LogP contribution in [0.25, 0.3) is 0 Å². The van der Waals surface area contributed by atoms with Crippen molar-refractivity contribution in [3.63, 3.8) is 0 Å². The van der Waals surface area contributed by atoms with Crippen LogP contribution in [0.3, 0.4) is 0 Å². The van der Waals surface area contributed by atoms with Crippen molar-refractivity contribution in [2.24, 2.45) is 11.1 Å². The molecule has 1 atom stereocenters. The Labute approximate surface area is 85.7 Å². The van der Waals surface area contributed by atoms with Crippen molar-refractivity contribution >= 4 is 0 Å². The maximum atomic E-state index is 6.05. The van der Waals surface area contributed by atoms with Gasteiger partial charge < -0.3 is 10.3 Å². The van der Waals surface area contributed by atoms with E-state index >= 15 is 0 Å². The standard InChI is InChI=1S/C11H20N2O/c1-8-9(7-13-14-8)10(12)5-6-11(2,3)4/h7,10H,5-6,12H2,1-4H3. The summed E-state index contributed by atoms with van der Waals surface area (Å²) in [5, 5.41) is 3.73. The quantitative estimate of drug-likeness (QED) is 0.808. The first-order valence-corrected chi connectivity index (χ1v) is 5.07. The fourth-order valence-electron chi connectivity index (χ4n) is 1.41. The average Bonchev–Trinajstić information content (AvgIpc) is 2.46. The highest BCUT2D eigenvalue weighted by Gasteiger charge is 2.16. The third kappa shape index (κ3) is 3.14. The SMILES string of the molecule is Cc1oncc1C(N)CCC(C)(C)C. The van der Waals surface area contributed by atoms with Crippen LogP contribution in [0.2, 0.25) is 0 Å². The van der Waals surface area contributed by atoms with Gasteiger partial charge >= 0.3 is 0 Å². The number of rotatable bonds is 3. The van der Waals surface area contributed by atoms with Crippen LogP contribution in [0.15, 0.2) is 10.7 Å². The third-order valence-electron chi connectivity index (χ3n) is 2.39. The van der Waals surface area contributed by atoms with Crippen molar-refractivity contribution in [3.8, 4) is 0 Å². The molecule has 1 heterocycles. The van der Waals surface area contributed by atoms with E-state index in [-0.39, 0.29) is 6.04 Å². The maximum Gasteiger partial charge on any atom is 0.138 e. The van der Waals surface area contributed by atoms with Crippen LogP contribution >= 0.6 is 0 Å². The van der Waals surface area contributed by atoms with Gasteiger partial charge in [-0.3, -0.25) is 0 Å². The molecule has 0 spiro atoms. The molecule has 1 rings (SSSR count). The molecule has 14 heavy (non-hydrogen) atoms. The van der Waals surface area contributed by atoms with Gasteiger partial charge in [0.2, 0.25) is 0 Å². The Hall–Kier alpha value is -0.830. The molecule has 1 aromatic heterocycles. The Morgan fingerprint density at radius 3 is 2.57 bits per heavy atom. The van der Waals surface area contributed by atoms with Crippen LogP contribution in [0, 0.1) is 12.3 Å². The largest absolute Gasteiger partial charge is 0.361 e. The molecule has 0 aliphatic rings. The zero-order valence-corrected chi connectivity index (χ0v) is 9.50. The Morgan fingerprint density at radius 2 is 2.14 bits per heavy atom.